The van der Waals surface area contributed by atoms with E-state index < -0.39 is 30.0 Å². The van der Waals surface area contributed by atoms with Crippen molar-refractivity contribution >= 4 is 17.6 Å². The lowest BCUT2D eigenvalue weighted by molar-refractivity contribution is -0.192. The summed E-state index contributed by atoms with van der Waals surface area (Å²) in [5.74, 6) is -2.48. The van der Waals surface area contributed by atoms with Crippen LogP contribution in [0.1, 0.15) is 5.56 Å². The maximum atomic E-state index is 14.4. The van der Waals surface area contributed by atoms with E-state index in [0.29, 0.717) is 28.3 Å². The lowest BCUT2D eigenvalue weighted by atomic mass is 10.0. The number of benzene rings is 2. The second kappa shape index (κ2) is 9.59. The van der Waals surface area contributed by atoms with Gasteiger partial charge < -0.3 is 19.9 Å². The molecule has 8 nitrogen and oxygen atoms in total. The minimum Gasteiger partial charge on any atom is -0.485 e. The van der Waals surface area contributed by atoms with E-state index in [-0.39, 0.29) is 6.61 Å². The summed E-state index contributed by atoms with van der Waals surface area (Å²) in [6.07, 6.45) is -2.73. The number of anilines is 1. The van der Waals surface area contributed by atoms with Crippen molar-refractivity contribution in [3.63, 3.8) is 0 Å². The molecule has 1 aliphatic heterocycles. The van der Waals surface area contributed by atoms with Crippen molar-refractivity contribution in [2.45, 2.75) is 19.2 Å². The fourth-order valence-electron chi connectivity index (χ4n) is 2.80. The molecule has 1 unspecified atom stereocenters. The second-order valence-electron chi connectivity index (χ2n) is 6.79. The number of ether oxygens (including phenoxy) is 2. The average molecular weight is 467 g/mol. The van der Waals surface area contributed by atoms with Crippen molar-refractivity contribution in [3.05, 3.63) is 60.2 Å². The van der Waals surface area contributed by atoms with Crippen molar-refractivity contribution < 1.29 is 41.7 Å². The number of hydrogen-bond donors (Lipinski definition) is 3. The van der Waals surface area contributed by atoms with Gasteiger partial charge in [0.05, 0.1) is 6.20 Å². The molecule has 0 bridgehead atoms. The quantitative estimate of drug-likeness (QED) is 0.503. The molecule has 0 fully saturated rings. The summed E-state index contributed by atoms with van der Waals surface area (Å²) in [6, 6.07) is 10.1. The van der Waals surface area contributed by atoms with Gasteiger partial charge in [0, 0.05) is 23.0 Å². The molecule has 0 aliphatic carbocycles. The first kappa shape index (κ1) is 23.6. The Morgan fingerprint density at radius 3 is 2.48 bits per heavy atom. The highest BCUT2D eigenvalue weighted by Gasteiger charge is 2.38. The zero-order valence-corrected chi connectivity index (χ0v) is 16.9. The van der Waals surface area contributed by atoms with Crippen LogP contribution >= 0.6 is 0 Å². The van der Waals surface area contributed by atoms with Gasteiger partial charge in [-0.3, -0.25) is 9.89 Å². The minimum absolute atomic E-state index is 0.0947. The van der Waals surface area contributed by atoms with Gasteiger partial charge in [-0.15, -0.1) is 0 Å². The van der Waals surface area contributed by atoms with Crippen LogP contribution in [0.2, 0.25) is 0 Å². The normalized spacial score (nSPS) is 14.6. The summed E-state index contributed by atoms with van der Waals surface area (Å²) in [5, 5.41) is 16.3. The number of fused-ring (bicyclic) bond motifs is 1. The number of H-pyrrole nitrogens is 1. The van der Waals surface area contributed by atoms with Crippen LogP contribution in [0.5, 0.6) is 11.5 Å². The number of halogens is 4. The van der Waals surface area contributed by atoms with Crippen LogP contribution in [0, 0.1) is 12.7 Å². The molecule has 1 atom stereocenters. The Balaban J connectivity index is 0.000000383. The Bertz CT molecular complexity index is 1150. The second-order valence-corrected chi connectivity index (χ2v) is 6.79. The highest BCUT2D eigenvalue weighted by molar-refractivity contribution is 5.95. The summed E-state index contributed by atoms with van der Waals surface area (Å²) < 4.78 is 57.4. The first-order valence-electron chi connectivity index (χ1n) is 9.35. The molecule has 1 aliphatic rings. The van der Waals surface area contributed by atoms with Crippen LogP contribution in [0.3, 0.4) is 0 Å². The number of carboxylic acid groups (broad SMARTS) is 1. The number of carbonyl (C=O) groups excluding carboxylic acids is 1. The van der Waals surface area contributed by atoms with Gasteiger partial charge in [0.25, 0.3) is 5.91 Å². The lowest BCUT2D eigenvalue weighted by Crippen LogP contribution is -2.40. The Morgan fingerprint density at radius 1 is 1.21 bits per heavy atom. The number of hydrogen-bond acceptors (Lipinski definition) is 5. The van der Waals surface area contributed by atoms with Crippen molar-refractivity contribution in [3.8, 4) is 22.6 Å². The fourth-order valence-corrected chi connectivity index (χ4v) is 2.80. The van der Waals surface area contributed by atoms with Crippen molar-refractivity contribution in [2.24, 2.45) is 0 Å². The standard InChI is InChI=1S/C19H16FN3O3.C2HF3O2/c1-11-6-13(12-8-21-22-9-12)14(20)7-15(11)23-19(24)18-10-25-16-4-2-3-5-17(16)26-18;3-2(4,5)1(6)7/h2-9,18H,10H2,1H3,(H,21,22)(H,23,24);(H,6,7). The Hall–Kier alpha value is -4.09. The molecule has 3 aromatic rings. The molecule has 2 heterocycles. The van der Waals surface area contributed by atoms with Crippen LogP contribution in [0.4, 0.5) is 23.2 Å². The number of amides is 1. The monoisotopic (exact) mass is 467 g/mol. The van der Waals surface area contributed by atoms with Crippen molar-refractivity contribution in [1.82, 2.24) is 10.2 Å². The number of nitrogens with one attached hydrogen (secondary N) is 2. The SMILES string of the molecule is Cc1cc(-c2cn[nH]c2)c(F)cc1NC(=O)C1COc2ccccc2O1.O=C(O)C(F)(F)F. The topological polar surface area (TPSA) is 114 Å². The third-order valence-corrected chi connectivity index (χ3v) is 4.42. The van der Waals surface area contributed by atoms with E-state index in [4.69, 9.17) is 19.4 Å². The third-order valence-electron chi connectivity index (χ3n) is 4.42. The number of alkyl halides is 3. The van der Waals surface area contributed by atoms with Gasteiger partial charge in [-0.05, 0) is 36.8 Å². The number of carboxylic acids is 1. The molecule has 0 saturated heterocycles. The summed E-state index contributed by atoms with van der Waals surface area (Å²) in [6.45, 7) is 1.89. The molecule has 0 spiro atoms. The van der Waals surface area contributed by atoms with Gasteiger partial charge in [0.1, 0.15) is 12.4 Å². The molecule has 1 amide bonds. The minimum atomic E-state index is -5.08. The number of aryl methyl sites for hydroxylation is 1. The molecular formula is C21H17F4N3O5. The molecule has 3 N–H and O–H groups in total. The number of aromatic amines is 1. The molecule has 12 heteroatoms. The van der Waals surface area contributed by atoms with Crippen molar-refractivity contribution in [2.75, 3.05) is 11.9 Å². The molecule has 0 radical (unpaired) electrons. The van der Waals surface area contributed by atoms with E-state index >= 15 is 0 Å². The van der Waals surface area contributed by atoms with Crippen LogP contribution in [0.15, 0.2) is 48.8 Å². The molecule has 0 saturated carbocycles. The molecule has 1 aromatic heterocycles. The van der Waals surface area contributed by atoms with E-state index in [1.165, 1.54) is 6.07 Å². The molecule has 2 aromatic carbocycles. The van der Waals surface area contributed by atoms with E-state index in [0.717, 1.165) is 5.56 Å². The van der Waals surface area contributed by atoms with E-state index in [2.05, 4.69) is 15.5 Å². The average Bonchev–Trinajstić information content (AvgIpc) is 3.30. The van der Waals surface area contributed by atoms with Gasteiger partial charge in [-0.2, -0.15) is 18.3 Å². The maximum absolute atomic E-state index is 14.4. The third kappa shape index (κ3) is 5.79. The highest BCUT2D eigenvalue weighted by Crippen LogP contribution is 2.32. The lowest BCUT2D eigenvalue weighted by Gasteiger charge is -2.25. The van der Waals surface area contributed by atoms with Gasteiger partial charge in [-0.1, -0.05) is 12.1 Å². The van der Waals surface area contributed by atoms with Crippen molar-refractivity contribution in [1.29, 1.82) is 0 Å². The van der Waals surface area contributed by atoms with E-state index in [9.17, 15) is 22.4 Å². The molecule has 174 valence electrons. The first-order valence-corrected chi connectivity index (χ1v) is 9.35. The van der Waals surface area contributed by atoms with Crippen LogP contribution in [-0.2, 0) is 9.59 Å². The smallest absolute Gasteiger partial charge is 0.485 e. The largest absolute Gasteiger partial charge is 0.490 e. The Labute approximate surface area is 184 Å². The van der Waals surface area contributed by atoms with Gasteiger partial charge in [0.2, 0.25) is 6.10 Å². The zero-order valence-electron chi connectivity index (χ0n) is 16.9. The zero-order chi connectivity index (χ0) is 24.2. The van der Waals surface area contributed by atoms with Crippen LogP contribution in [0.25, 0.3) is 11.1 Å². The number of carbonyl (C=O) groups is 2. The molecule has 4 rings (SSSR count). The number of rotatable bonds is 3. The number of para-hydroxylation sites is 2. The maximum Gasteiger partial charge on any atom is 0.490 e. The summed E-state index contributed by atoms with van der Waals surface area (Å²) in [4.78, 5) is 21.4. The van der Waals surface area contributed by atoms with Crippen LogP contribution < -0.4 is 14.8 Å². The van der Waals surface area contributed by atoms with Crippen LogP contribution in [-0.4, -0.2) is 46.1 Å². The number of aliphatic carboxylic acids is 1. The van der Waals surface area contributed by atoms with Gasteiger partial charge >= 0.3 is 12.1 Å². The van der Waals surface area contributed by atoms with Gasteiger partial charge in [-0.25, -0.2) is 9.18 Å². The summed E-state index contributed by atoms with van der Waals surface area (Å²) in [7, 11) is 0. The Morgan fingerprint density at radius 2 is 1.88 bits per heavy atom. The number of aromatic nitrogens is 2. The van der Waals surface area contributed by atoms with Gasteiger partial charge in [0.15, 0.2) is 11.5 Å². The van der Waals surface area contributed by atoms with E-state index in [1.807, 2.05) is 6.07 Å². The first-order chi connectivity index (χ1) is 15.6. The summed E-state index contributed by atoms with van der Waals surface area (Å²) >= 11 is 0. The summed E-state index contributed by atoms with van der Waals surface area (Å²) in [5.41, 5.74) is 2.18. The predicted octanol–water partition coefficient (Wildman–Crippen LogP) is 3.94. The van der Waals surface area contributed by atoms with E-state index in [1.54, 1.807) is 43.6 Å². The molecular weight excluding hydrogens is 450 g/mol. The number of nitrogens with zero attached hydrogens (tertiary/aromatic N) is 1. The Kier molecular flexibility index (Phi) is 6.85. The molecule has 33 heavy (non-hydrogen) atoms. The predicted molar refractivity (Wildman–Crippen MR) is 107 cm³/mol. The highest BCUT2D eigenvalue weighted by atomic mass is 19.4. The fraction of sp³-hybridized carbons (Fsp3) is 0.190.